The van der Waals surface area contributed by atoms with Gasteiger partial charge in [0.15, 0.2) is 5.65 Å². The molecule has 0 saturated carbocycles. The highest BCUT2D eigenvalue weighted by molar-refractivity contribution is 6.00. The molecule has 3 amide bonds. The van der Waals surface area contributed by atoms with E-state index >= 15 is 0 Å². The first kappa shape index (κ1) is 23.6. The third-order valence-electron chi connectivity index (χ3n) is 7.26. The highest BCUT2D eigenvalue weighted by atomic mass is 16.2. The summed E-state index contributed by atoms with van der Waals surface area (Å²) in [6.07, 6.45) is 5.68. The standard InChI is InChI=1S/C27H26N8O3/c36-23(31-22-8-4-5-11-28-22)17-34-18-35(21-6-2-1-3-7-21)27(26(34)38)9-12-33(13-10-27)25(37)20-14-19-16-30-32-24(19)29-15-20/h1-8,11,14-16H,9-10,12-13,17-18H2,(H,28,31,36)(H,29,30,32). The Kier molecular flexibility index (Phi) is 5.95. The molecule has 1 spiro atoms. The summed E-state index contributed by atoms with van der Waals surface area (Å²) in [7, 11) is 0. The van der Waals surface area contributed by atoms with Crippen LogP contribution in [0.15, 0.2) is 73.2 Å². The summed E-state index contributed by atoms with van der Waals surface area (Å²) in [5.74, 6) is -0.101. The number of pyridine rings is 2. The summed E-state index contributed by atoms with van der Waals surface area (Å²) < 4.78 is 0. The molecule has 5 heterocycles. The Morgan fingerprint density at radius 3 is 2.55 bits per heavy atom. The van der Waals surface area contributed by atoms with Crippen LogP contribution in [0.4, 0.5) is 11.5 Å². The van der Waals surface area contributed by atoms with Gasteiger partial charge in [0.1, 0.15) is 17.9 Å². The van der Waals surface area contributed by atoms with Crippen molar-refractivity contribution in [3.05, 3.63) is 78.8 Å². The summed E-state index contributed by atoms with van der Waals surface area (Å²) in [5, 5.41) is 10.3. The number of H-pyrrole nitrogens is 1. The zero-order chi connectivity index (χ0) is 26.1. The van der Waals surface area contributed by atoms with Gasteiger partial charge in [-0.15, -0.1) is 0 Å². The number of anilines is 2. The first-order chi connectivity index (χ1) is 18.5. The zero-order valence-electron chi connectivity index (χ0n) is 20.6. The van der Waals surface area contributed by atoms with Crippen LogP contribution in [0.5, 0.6) is 0 Å². The van der Waals surface area contributed by atoms with E-state index in [0.29, 0.717) is 43.0 Å². The van der Waals surface area contributed by atoms with Crippen molar-refractivity contribution in [2.75, 3.05) is 36.5 Å². The van der Waals surface area contributed by atoms with Gasteiger partial charge in [-0.2, -0.15) is 5.10 Å². The zero-order valence-corrected chi connectivity index (χ0v) is 20.6. The lowest BCUT2D eigenvalue weighted by molar-refractivity contribution is -0.136. The Morgan fingerprint density at radius 2 is 1.79 bits per heavy atom. The maximum atomic E-state index is 13.9. The number of aromatic amines is 1. The number of fused-ring (bicyclic) bond motifs is 1. The topological polar surface area (TPSA) is 127 Å². The first-order valence-corrected chi connectivity index (χ1v) is 12.4. The van der Waals surface area contributed by atoms with Gasteiger partial charge in [-0.05, 0) is 43.2 Å². The van der Waals surface area contributed by atoms with Gasteiger partial charge in [-0.25, -0.2) is 9.97 Å². The van der Waals surface area contributed by atoms with Crippen molar-refractivity contribution in [2.24, 2.45) is 0 Å². The van der Waals surface area contributed by atoms with Crippen molar-refractivity contribution in [2.45, 2.75) is 18.4 Å². The van der Waals surface area contributed by atoms with Crippen LogP contribution in [0.3, 0.4) is 0 Å². The Morgan fingerprint density at radius 1 is 1.00 bits per heavy atom. The van der Waals surface area contributed by atoms with E-state index < -0.39 is 5.54 Å². The van der Waals surface area contributed by atoms with Gasteiger partial charge in [0.25, 0.3) is 11.8 Å². The normalized spacial score (nSPS) is 16.8. The number of piperidine rings is 1. The summed E-state index contributed by atoms with van der Waals surface area (Å²) in [6.45, 7) is 1.02. The number of benzene rings is 1. The second-order valence-corrected chi connectivity index (χ2v) is 9.53. The number of hydrogen-bond acceptors (Lipinski definition) is 7. The molecule has 0 unspecified atom stereocenters. The fourth-order valence-corrected chi connectivity index (χ4v) is 5.33. The molecule has 6 rings (SSSR count). The number of rotatable bonds is 5. The predicted octanol–water partition coefficient (Wildman–Crippen LogP) is 2.27. The lowest BCUT2D eigenvalue weighted by atomic mass is 9.85. The Labute approximate surface area is 218 Å². The number of carbonyl (C=O) groups excluding carboxylic acids is 3. The van der Waals surface area contributed by atoms with E-state index in [1.807, 2.05) is 30.3 Å². The summed E-state index contributed by atoms with van der Waals surface area (Å²) in [5.41, 5.74) is 1.18. The van der Waals surface area contributed by atoms with Crippen molar-refractivity contribution >= 4 is 40.3 Å². The molecule has 2 fully saturated rings. The maximum absolute atomic E-state index is 13.9. The molecule has 2 aliphatic heterocycles. The molecule has 2 saturated heterocycles. The summed E-state index contributed by atoms with van der Waals surface area (Å²) >= 11 is 0. The average Bonchev–Trinajstić information content (AvgIpc) is 3.53. The van der Waals surface area contributed by atoms with Crippen molar-refractivity contribution in [3.63, 3.8) is 0 Å². The molecule has 2 aliphatic rings. The number of amides is 3. The van der Waals surface area contributed by atoms with Crippen LogP contribution in [0.1, 0.15) is 23.2 Å². The minimum absolute atomic E-state index is 0.0838. The van der Waals surface area contributed by atoms with Crippen LogP contribution in [0, 0.1) is 0 Å². The van der Waals surface area contributed by atoms with Gasteiger partial charge in [-0.3, -0.25) is 19.5 Å². The highest BCUT2D eigenvalue weighted by Crippen LogP contribution is 2.39. The third kappa shape index (κ3) is 4.21. The quantitative estimate of drug-likeness (QED) is 0.422. The van der Waals surface area contributed by atoms with Gasteiger partial charge in [0.05, 0.1) is 18.4 Å². The molecule has 38 heavy (non-hydrogen) atoms. The number of likely N-dealkylation sites (tertiary alicyclic amines) is 1. The SMILES string of the molecule is O=C(CN1CN(c2ccccc2)C2(CCN(C(=O)c3cnc4[nH]ncc4c3)CC2)C1=O)Nc1ccccn1. The molecular formula is C27H26N8O3. The monoisotopic (exact) mass is 510 g/mol. The molecule has 11 heteroatoms. The van der Waals surface area contributed by atoms with Crippen LogP contribution >= 0.6 is 0 Å². The molecule has 1 aromatic carbocycles. The first-order valence-electron chi connectivity index (χ1n) is 12.4. The molecule has 11 nitrogen and oxygen atoms in total. The van der Waals surface area contributed by atoms with Crippen LogP contribution in [-0.2, 0) is 9.59 Å². The summed E-state index contributed by atoms with van der Waals surface area (Å²) in [6, 6.07) is 16.8. The van der Waals surface area contributed by atoms with E-state index in [-0.39, 0.29) is 30.9 Å². The number of hydrogen-bond donors (Lipinski definition) is 2. The van der Waals surface area contributed by atoms with E-state index in [1.54, 1.807) is 52.7 Å². The minimum atomic E-state index is -0.837. The molecule has 3 aromatic heterocycles. The Bertz CT molecular complexity index is 1480. The van der Waals surface area contributed by atoms with Crippen LogP contribution in [0.25, 0.3) is 11.0 Å². The number of nitrogens with zero attached hydrogens (tertiary/aromatic N) is 6. The molecule has 192 valence electrons. The summed E-state index contributed by atoms with van der Waals surface area (Å²) in [4.78, 5) is 53.8. The lowest BCUT2D eigenvalue weighted by Crippen LogP contribution is -2.57. The van der Waals surface area contributed by atoms with Crippen LogP contribution in [-0.4, -0.2) is 79.5 Å². The molecule has 0 bridgehead atoms. The van der Waals surface area contributed by atoms with E-state index in [0.717, 1.165) is 11.1 Å². The second kappa shape index (κ2) is 9.58. The maximum Gasteiger partial charge on any atom is 0.255 e. The lowest BCUT2D eigenvalue weighted by Gasteiger charge is -2.43. The third-order valence-corrected chi connectivity index (χ3v) is 7.26. The van der Waals surface area contributed by atoms with Crippen molar-refractivity contribution < 1.29 is 14.4 Å². The number of para-hydroxylation sites is 1. The Balaban J connectivity index is 1.21. The smallest absolute Gasteiger partial charge is 0.255 e. The fraction of sp³-hybridized carbons (Fsp3) is 0.259. The van der Waals surface area contributed by atoms with Gasteiger partial charge in [0, 0.05) is 36.6 Å². The van der Waals surface area contributed by atoms with Gasteiger partial charge in [0.2, 0.25) is 5.91 Å². The van der Waals surface area contributed by atoms with E-state index in [9.17, 15) is 14.4 Å². The Hall–Kier alpha value is -4.80. The number of aromatic nitrogens is 4. The molecule has 0 aliphatic carbocycles. The molecule has 4 aromatic rings. The van der Waals surface area contributed by atoms with Gasteiger partial charge >= 0.3 is 0 Å². The fourth-order valence-electron chi connectivity index (χ4n) is 5.33. The molecule has 2 N–H and O–H groups in total. The van der Waals surface area contributed by atoms with Gasteiger partial charge < -0.3 is 20.0 Å². The van der Waals surface area contributed by atoms with Crippen LogP contribution in [0.2, 0.25) is 0 Å². The number of carbonyl (C=O) groups is 3. The predicted molar refractivity (Wildman–Crippen MR) is 140 cm³/mol. The highest BCUT2D eigenvalue weighted by Gasteiger charge is 2.54. The van der Waals surface area contributed by atoms with Crippen molar-refractivity contribution in [1.82, 2.24) is 30.0 Å². The number of nitrogens with one attached hydrogen (secondary N) is 2. The van der Waals surface area contributed by atoms with Gasteiger partial charge in [-0.1, -0.05) is 24.3 Å². The van der Waals surface area contributed by atoms with E-state index in [2.05, 4.69) is 30.4 Å². The van der Waals surface area contributed by atoms with E-state index in [1.165, 1.54) is 0 Å². The van der Waals surface area contributed by atoms with Crippen molar-refractivity contribution in [1.29, 1.82) is 0 Å². The average molecular weight is 511 g/mol. The van der Waals surface area contributed by atoms with E-state index in [4.69, 9.17) is 0 Å². The molecular weight excluding hydrogens is 484 g/mol. The largest absolute Gasteiger partial charge is 0.339 e. The van der Waals surface area contributed by atoms with Crippen molar-refractivity contribution in [3.8, 4) is 0 Å². The minimum Gasteiger partial charge on any atom is -0.339 e. The van der Waals surface area contributed by atoms with Crippen LogP contribution < -0.4 is 10.2 Å². The molecule has 0 radical (unpaired) electrons. The second-order valence-electron chi connectivity index (χ2n) is 9.53. The molecule has 0 atom stereocenters.